The Morgan fingerprint density at radius 2 is 2.11 bits per heavy atom. The second-order valence-corrected chi connectivity index (χ2v) is 9.42. The number of hydrogen-bond donors (Lipinski definition) is 2. The third kappa shape index (κ3) is 2.32. The fourth-order valence-electron chi connectivity index (χ4n) is 5.41. The number of alkyl halides is 2. The zero-order valence-electron chi connectivity index (χ0n) is 15.1. The van der Waals surface area contributed by atoms with Crippen molar-refractivity contribution in [2.24, 2.45) is 0 Å². The molecule has 6 nitrogen and oxygen atoms in total. The summed E-state index contributed by atoms with van der Waals surface area (Å²) in [6, 6.07) is -0.272. The first kappa shape index (κ1) is 16.9. The van der Waals surface area contributed by atoms with E-state index < -0.39 is 11.5 Å². The fraction of sp³-hybridized carbons (Fsp3) is 0.579. The molecule has 9 heteroatoms. The number of anilines is 1. The average molecular weight is 406 g/mol. The number of ether oxygens (including phenoxy) is 1. The van der Waals surface area contributed by atoms with Crippen molar-refractivity contribution in [3.63, 3.8) is 0 Å². The van der Waals surface area contributed by atoms with Gasteiger partial charge in [0, 0.05) is 35.2 Å². The van der Waals surface area contributed by atoms with Crippen molar-refractivity contribution < 1.29 is 18.3 Å². The van der Waals surface area contributed by atoms with E-state index in [9.17, 15) is 13.6 Å². The van der Waals surface area contributed by atoms with E-state index in [4.69, 9.17) is 4.74 Å². The van der Waals surface area contributed by atoms with Gasteiger partial charge in [-0.05, 0) is 25.7 Å². The number of H-pyrrole nitrogens is 1. The molecule has 6 rings (SSSR count). The van der Waals surface area contributed by atoms with E-state index in [0.717, 1.165) is 31.2 Å². The molecule has 2 aromatic rings. The lowest BCUT2D eigenvalue weighted by Crippen LogP contribution is -2.57. The number of nitrogens with zero attached hydrogens (tertiary/aromatic N) is 2. The molecular weight excluding hydrogens is 386 g/mol. The van der Waals surface area contributed by atoms with E-state index in [-0.39, 0.29) is 31.0 Å². The molecule has 2 aromatic heterocycles. The average Bonchev–Trinajstić information content (AvgIpc) is 3.41. The summed E-state index contributed by atoms with van der Waals surface area (Å²) in [5, 5.41) is 9.81. The topological polar surface area (TPSA) is 70.2 Å². The first-order valence-electron chi connectivity index (χ1n) is 9.70. The monoisotopic (exact) mass is 406 g/mol. The third-order valence-electron chi connectivity index (χ3n) is 6.64. The van der Waals surface area contributed by atoms with Crippen molar-refractivity contribution >= 4 is 22.9 Å². The van der Waals surface area contributed by atoms with Gasteiger partial charge in [0.1, 0.15) is 4.88 Å². The van der Waals surface area contributed by atoms with Crippen molar-refractivity contribution in [3.05, 3.63) is 22.8 Å². The number of aromatic amines is 1. The molecule has 148 valence electrons. The van der Waals surface area contributed by atoms with Gasteiger partial charge in [-0.3, -0.25) is 9.89 Å². The Balaban J connectivity index is 1.46. The van der Waals surface area contributed by atoms with Crippen LogP contribution in [0, 0.1) is 0 Å². The van der Waals surface area contributed by atoms with Gasteiger partial charge in [-0.1, -0.05) is 0 Å². The standard InChI is InChI=1S/C19H20F2N4O2S/c20-19(21)5-12-14-16(28-15(12)10-6-22-23-7-10)17(26)24-13(8-25(14)9-19)18-3-1-11(27-18)2-4-18/h6-7,11,13H,1-5,8-9H2,(H,22,23)(H,24,26). The largest absolute Gasteiger partial charge is 0.370 e. The maximum absolute atomic E-state index is 14.7. The highest BCUT2D eigenvalue weighted by Crippen LogP contribution is 2.51. The van der Waals surface area contributed by atoms with E-state index in [1.54, 1.807) is 17.3 Å². The Kier molecular flexibility index (Phi) is 3.34. The van der Waals surface area contributed by atoms with Crippen LogP contribution in [0.15, 0.2) is 12.4 Å². The zero-order valence-corrected chi connectivity index (χ0v) is 16.0. The first-order chi connectivity index (χ1) is 13.4. The minimum Gasteiger partial charge on any atom is -0.370 e. The summed E-state index contributed by atoms with van der Waals surface area (Å²) >= 11 is 1.28. The van der Waals surface area contributed by atoms with Crippen LogP contribution in [0.25, 0.3) is 10.4 Å². The maximum atomic E-state index is 14.7. The molecule has 4 aliphatic rings. The van der Waals surface area contributed by atoms with Crippen LogP contribution < -0.4 is 10.2 Å². The van der Waals surface area contributed by atoms with Crippen LogP contribution in [0.2, 0.25) is 0 Å². The molecule has 0 aliphatic carbocycles. The highest BCUT2D eigenvalue weighted by atomic mass is 32.1. The van der Waals surface area contributed by atoms with Gasteiger partial charge in [-0.2, -0.15) is 5.10 Å². The van der Waals surface area contributed by atoms with Crippen LogP contribution in [0.4, 0.5) is 14.5 Å². The SMILES string of the molecule is O=C1NC(C23CCC(CC2)O3)CN2CC(F)(F)Cc3c(-c4cn[nH]c4)sc1c32. The van der Waals surface area contributed by atoms with E-state index in [0.29, 0.717) is 27.5 Å². The van der Waals surface area contributed by atoms with Gasteiger partial charge >= 0.3 is 0 Å². The number of fused-ring (bicyclic) bond motifs is 2. The Hall–Kier alpha value is -2.00. The first-order valence-corrected chi connectivity index (χ1v) is 10.5. The van der Waals surface area contributed by atoms with Crippen LogP contribution in [0.3, 0.4) is 0 Å². The maximum Gasteiger partial charge on any atom is 0.269 e. The summed E-state index contributed by atoms with van der Waals surface area (Å²) in [5.41, 5.74) is 1.57. The molecule has 0 aromatic carbocycles. The lowest BCUT2D eigenvalue weighted by atomic mass is 9.82. The molecule has 6 heterocycles. The van der Waals surface area contributed by atoms with Crippen LogP contribution >= 0.6 is 11.3 Å². The molecular formula is C19H20F2N4O2S. The van der Waals surface area contributed by atoms with Crippen molar-refractivity contribution in [1.82, 2.24) is 15.5 Å². The van der Waals surface area contributed by atoms with Gasteiger partial charge in [0.2, 0.25) is 0 Å². The predicted octanol–water partition coefficient (Wildman–Crippen LogP) is 2.96. The third-order valence-corrected chi connectivity index (χ3v) is 7.91. The number of aromatic nitrogens is 2. The fourth-order valence-corrected chi connectivity index (χ4v) is 6.64. The Labute approximate surface area is 164 Å². The quantitative estimate of drug-likeness (QED) is 0.805. The van der Waals surface area contributed by atoms with Gasteiger partial charge in [-0.25, -0.2) is 8.78 Å². The molecule has 0 radical (unpaired) electrons. The summed E-state index contributed by atoms with van der Waals surface area (Å²) in [6.45, 7) is -0.00482. The second kappa shape index (κ2) is 5.54. The molecule has 0 spiro atoms. The number of halogens is 2. The molecule has 2 N–H and O–H groups in total. The molecule has 1 atom stereocenters. The van der Waals surface area contributed by atoms with Crippen LogP contribution in [0.1, 0.15) is 40.9 Å². The van der Waals surface area contributed by atoms with E-state index in [2.05, 4.69) is 15.5 Å². The van der Waals surface area contributed by atoms with E-state index >= 15 is 0 Å². The number of nitrogens with one attached hydrogen (secondary N) is 2. The van der Waals surface area contributed by atoms with E-state index in [1.165, 1.54) is 11.3 Å². The summed E-state index contributed by atoms with van der Waals surface area (Å²) in [5.74, 6) is -3.02. The summed E-state index contributed by atoms with van der Waals surface area (Å²) in [7, 11) is 0. The summed E-state index contributed by atoms with van der Waals surface area (Å²) in [6.07, 6.45) is 6.94. The van der Waals surface area contributed by atoms with Crippen molar-refractivity contribution in [2.75, 3.05) is 18.0 Å². The van der Waals surface area contributed by atoms with Gasteiger partial charge < -0.3 is 15.0 Å². The smallest absolute Gasteiger partial charge is 0.269 e. The molecule has 2 fully saturated rings. The number of rotatable bonds is 2. The molecule has 1 amide bonds. The lowest BCUT2D eigenvalue weighted by Gasteiger charge is -2.40. The van der Waals surface area contributed by atoms with Crippen molar-refractivity contribution in [2.45, 2.75) is 55.8 Å². The number of thiophene rings is 1. The van der Waals surface area contributed by atoms with Gasteiger partial charge in [0.05, 0.1) is 36.2 Å². The number of amides is 1. The molecule has 1 unspecified atom stereocenters. The summed E-state index contributed by atoms with van der Waals surface area (Å²) < 4.78 is 35.6. The lowest BCUT2D eigenvalue weighted by molar-refractivity contribution is -0.0178. The Morgan fingerprint density at radius 1 is 1.29 bits per heavy atom. The normalized spacial score (nSPS) is 32.9. The Morgan fingerprint density at radius 3 is 2.79 bits per heavy atom. The van der Waals surface area contributed by atoms with Gasteiger partial charge in [0.25, 0.3) is 11.8 Å². The molecule has 2 bridgehead atoms. The number of carbonyl (C=O) groups is 1. The van der Waals surface area contributed by atoms with E-state index in [1.807, 2.05) is 0 Å². The molecule has 28 heavy (non-hydrogen) atoms. The van der Waals surface area contributed by atoms with Crippen molar-refractivity contribution in [3.8, 4) is 10.4 Å². The van der Waals surface area contributed by atoms with Crippen LogP contribution in [0.5, 0.6) is 0 Å². The minimum absolute atomic E-state index is 0.179. The predicted molar refractivity (Wildman–Crippen MR) is 100 cm³/mol. The molecule has 0 saturated carbocycles. The second-order valence-electron chi connectivity index (χ2n) is 8.40. The molecule has 4 aliphatic heterocycles. The Bertz CT molecular complexity index is 950. The van der Waals surface area contributed by atoms with Gasteiger partial charge in [0.15, 0.2) is 0 Å². The summed E-state index contributed by atoms with van der Waals surface area (Å²) in [4.78, 5) is 16.1. The van der Waals surface area contributed by atoms with Crippen LogP contribution in [-0.2, 0) is 11.2 Å². The highest BCUT2D eigenvalue weighted by Gasteiger charge is 2.54. The van der Waals surface area contributed by atoms with Crippen molar-refractivity contribution in [1.29, 1.82) is 0 Å². The molecule has 2 saturated heterocycles. The van der Waals surface area contributed by atoms with Crippen LogP contribution in [-0.4, -0.2) is 52.9 Å². The number of hydrogen-bond acceptors (Lipinski definition) is 5. The number of carbonyl (C=O) groups excluding carboxylic acids is 1. The van der Waals surface area contributed by atoms with Gasteiger partial charge in [-0.15, -0.1) is 11.3 Å². The minimum atomic E-state index is -2.84. The highest BCUT2D eigenvalue weighted by molar-refractivity contribution is 7.18. The zero-order chi connectivity index (χ0) is 19.1.